The topological polar surface area (TPSA) is 16.4 Å². The van der Waals surface area contributed by atoms with E-state index in [9.17, 15) is 0 Å². The fourth-order valence-electron chi connectivity index (χ4n) is 8.14. The third kappa shape index (κ3) is 3.61. The molecular weight excluding hydrogens is 579 g/mol. The predicted octanol–water partition coefficient (Wildman–Crippen LogP) is 12.3. The lowest BCUT2D eigenvalue weighted by molar-refractivity contribution is 0.660. The minimum Gasteiger partial charge on any atom is -0.456 e. The quantitative estimate of drug-likeness (QED) is 0.198. The number of hydrogen-bond donors (Lipinski definition) is 0. The SMILES string of the molecule is CC1(C)c2ccccc2-c2c(N(c3ccc4c(c3)C3=CC=CCC3S4)c3ccc4c(c3)oc3ccc5ccccc5c34)cccc21. The van der Waals surface area contributed by atoms with Crippen molar-refractivity contribution in [1.82, 2.24) is 0 Å². The minimum absolute atomic E-state index is 0.0849. The molecule has 2 nitrogen and oxygen atoms in total. The van der Waals surface area contributed by atoms with Crippen molar-refractivity contribution in [3.05, 3.63) is 150 Å². The molecule has 6 aromatic carbocycles. The van der Waals surface area contributed by atoms with Crippen LogP contribution in [0.4, 0.5) is 17.1 Å². The second-order valence-electron chi connectivity index (χ2n) is 13.2. The monoisotopic (exact) mass is 609 g/mol. The molecule has 0 bridgehead atoms. The fraction of sp³-hybridized carbons (Fsp3) is 0.116. The summed E-state index contributed by atoms with van der Waals surface area (Å²) in [6, 6.07) is 42.4. The van der Waals surface area contributed by atoms with Gasteiger partial charge in [0.25, 0.3) is 0 Å². The zero-order chi connectivity index (χ0) is 30.6. The minimum atomic E-state index is -0.0849. The number of anilines is 3. The number of rotatable bonds is 3. The van der Waals surface area contributed by atoms with Crippen LogP contribution in [0.3, 0.4) is 0 Å². The Morgan fingerprint density at radius 1 is 0.717 bits per heavy atom. The molecule has 1 aromatic heterocycles. The van der Waals surface area contributed by atoms with Crippen LogP contribution in [0.1, 0.15) is 37.0 Å². The van der Waals surface area contributed by atoms with Crippen molar-refractivity contribution in [3.63, 3.8) is 0 Å². The molecule has 0 saturated carbocycles. The van der Waals surface area contributed by atoms with Gasteiger partial charge in [-0.1, -0.05) is 98.8 Å². The molecule has 0 N–H and O–H groups in total. The molecule has 0 saturated heterocycles. The Balaban J connectivity index is 1.24. The second kappa shape index (κ2) is 9.51. The molecule has 10 rings (SSSR count). The van der Waals surface area contributed by atoms with E-state index in [0.717, 1.165) is 34.3 Å². The molecule has 0 amide bonds. The summed E-state index contributed by atoms with van der Waals surface area (Å²) in [6.45, 7) is 4.71. The average molecular weight is 610 g/mol. The number of nitrogens with zero attached hydrogens (tertiary/aromatic N) is 1. The normalized spacial score (nSPS) is 17.2. The smallest absolute Gasteiger partial charge is 0.137 e. The molecule has 46 heavy (non-hydrogen) atoms. The first-order valence-electron chi connectivity index (χ1n) is 16.1. The van der Waals surface area contributed by atoms with E-state index in [1.165, 1.54) is 60.1 Å². The first-order chi connectivity index (χ1) is 22.6. The largest absolute Gasteiger partial charge is 0.456 e. The molecular formula is C43H31NOS. The summed E-state index contributed by atoms with van der Waals surface area (Å²) in [5.74, 6) is 0. The van der Waals surface area contributed by atoms with Gasteiger partial charge in [0.2, 0.25) is 0 Å². The third-order valence-corrected chi connectivity index (χ3v) is 11.7. The average Bonchev–Trinajstić information content (AvgIpc) is 3.73. The Bertz CT molecular complexity index is 2480. The van der Waals surface area contributed by atoms with E-state index < -0.39 is 0 Å². The van der Waals surface area contributed by atoms with Crippen molar-refractivity contribution in [1.29, 1.82) is 0 Å². The van der Waals surface area contributed by atoms with Crippen LogP contribution in [0, 0.1) is 0 Å². The van der Waals surface area contributed by atoms with Crippen LogP contribution in [-0.4, -0.2) is 5.25 Å². The van der Waals surface area contributed by atoms with Crippen molar-refractivity contribution in [2.24, 2.45) is 0 Å². The highest BCUT2D eigenvalue weighted by Crippen LogP contribution is 2.55. The van der Waals surface area contributed by atoms with Gasteiger partial charge in [0, 0.05) is 49.3 Å². The summed E-state index contributed by atoms with van der Waals surface area (Å²) in [5.41, 5.74) is 13.3. The van der Waals surface area contributed by atoms with E-state index in [4.69, 9.17) is 4.42 Å². The van der Waals surface area contributed by atoms with Crippen LogP contribution in [0.25, 0.3) is 49.4 Å². The van der Waals surface area contributed by atoms with Gasteiger partial charge >= 0.3 is 0 Å². The molecule has 2 heterocycles. The van der Waals surface area contributed by atoms with E-state index in [1.807, 2.05) is 11.8 Å². The standard InChI is InChI=1S/C43H31NOS/c1-43(2)34-14-7-5-13-31(34)42-35(43)15-9-16-36(42)44(27-20-23-40-33(24-27)30-12-6-8-17-39(30)46-40)28-19-21-32-38(25-28)45-37-22-18-26-10-3-4-11-29(26)41(32)37/h3-16,18-25,39H,17H2,1-2H3. The first kappa shape index (κ1) is 26.2. The Kier molecular flexibility index (Phi) is 5.43. The van der Waals surface area contributed by atoms with Crippen molar-refractivity contribution < 1.29 is 4.42 Å². The van der Waals surface area contributed by atoms with Crippen LogP contribution < -0.4 is 4.90 Å². The van der Waals surface area contributed by atoms with Crippen LogP contribution in [0.5, 0.6) is 0 Å². The lowest BCUT2D eigenvalue weighted by atomic mass is 9.82. The van der Waals surface area contributed by atoms with Crippen molar-refractivity contribution in [2.45, 2.75) is 35.8 Å². The molecule has 1 aliphatic heterocycles. The zero-order valence-corrected chi connectivity index (χ0v) is 26.6. The summed E-state index contributed by atoms with van der Waals surface area (Å²) in [4.78, 5) is 3.83. The maximum atomic E-state index is 6.60. The highest BCUT2D eigenvalue weighted by Gasteiger charge is 2.38. The van der Waals surface area contributed by atoms with E-state index in [0.29, 0.717) is 5.25 Å². The Morgan fingerprint density at radius 2 is 1.54 bits per heavy atom. The number of thioether (sulfide) groups is 1. The van der Waals surface area contributed by atoms with Crippen molar-refractivity contribution in [2.75, 3.05) is 4.90 Å². The maximum Gasteiger partial charge on any atom is 0.137 e. The predicted molar refractivity (Wildman–Crippen MR) is 195 cm³/mol. The Morgan fingerprint density at radius 3 is 2.50 bits per heavy atom. The fourth-order valence-corrected chi connectivity index (χ4v) is 9.44. The van der Waals surface area contributed by atoms with Crippen molar-refractivity contribution >= 4 is 67.1 Å². The highest BCUT2D eigenvalue weighted by atomic mass is 32.2. The van der Waals surface area contributed by atoms with Crippen LogP contribution >= 0.6 is 11.8 Å². The van der Waals surface area contributed by atoms with Gasteiger partial charge in [0.05, 0.1) is 5.69 Å². The molecule has 2 aliphatic carbocycles. The van der Waals surface area contributed by atoms with E-state index >= 15 is 0 Å². The Labute approximate surface area is 272 Å². The van der Waals surface area contributed by atoms with Gasteiger partial charge in [-0.25, -0.2) is 0 Å². The van der Waals surface area contributed by atoms with Gasteiger partial charge in [-0.05, 0) is 87.5 Å². The summed E-state index contributed by atoms with van der Waals surface area (Å²) in [7, 11) is 0. The summed E-state index contributed by atoms with van der Waals surface area (Å²) in [5, 5.41) is 5.28. The van der Waals surface area contributed by atoms with E-state index in [1.54, 1.807) is 0 Å². The molecule has 3 heteroatoms. The molecule has 3 aliphatic rings. The van der Waals surface area contributed by atoms with Gasteiger partial charge in [0.15, 0.2) is 0 Å². The number of allylic oxidation sites excluding steroid dienone is 3. The van der Waals surface area contributed by atoms with Gasteiger partial charge < -0.3 is 9.32 Å². The molecule has 7 aromatic rings. The van der Waals surface area contributed by atoms with Crippen LogP contribution in [0.15, 0.2) is 143 Å². The molecule has 220 valence electrons. The van der Waals surface area contributed by atoms with Gasteiger partial charge in [-0.3, -0.25) is 0 Å². The molecule has 0 fully saturated rings. The lowest BCUT2D eigenvalue weighted by Crippen LogP contribution is -2.16. The van der Waals surface area contributed by atoms with E-state index in [2.05, 4.69) is 152 Å². The summed E-state index contributed by atoms with van der Waals surface area (Å²) < 4.78 is 6.60. The van der Waals surface area contributed by atoms with Gasteiger partial charge in [-0.15, -0.1) is 11.8 Å². The summed E-state index contributed by atoms with van der Waals surface area (Å²) in [6.07, 6.45) is 7.90. The number of benzene rings is 6. The maximum absolute atomic E-state index is 6.60. The highest BCUT2D eigenvalue weighted by molar-refractivity contribution is 8.00. The second-order valence-corrected chi connectivity index (χ2v) is 14.5. The third-order valence-electron chi connectivity index (χ3n) is 10.3. The Hall–Kier alpha value is -4.99. The first-order valence-corrected chi connectivity index (χ1v) is 17.0. The van der Waals surface area contributed by atoms with Crippen molar-refractivity contribution in [3.8, 4) is 11.1 Å². The van der Waals surface area contributed by atoms with Gasteiger partial charge in [0.1, 0.15) is 11.2 Å². The molecule has 0 radical (unpaired) electrons. The molecule has 1 unspecified atom stereocenters. The number of furan rings is 1. The van der Waals surface area contributed by atoms with Crippen LogP contribution in [-0.2, 0) is 5.41 Å². The molecule has 0 spiro atoms. The number of fused-ring (bicyclic) bond motifs is 11. The lowest BCUT2D eigenvalue weighted by Gasteiger charge is -2.29. The summed E-state index contributed by atoms with van der Waals surface area (Å²) >= 11 is 1.99. The van der Waals surface area contributed by atoms with Crippen LogP contribution in [0.2, 0.25) is 0 Å². The van der Waals surface area contributed by atoms with E-state index in [-0.39, 0.29) is 5.41 Å². The zero-order valence-electron chi connectivity index (χ0n) is 25.7. The number of hydrogen-bond acceptors (Lipinski definition) is 3. The van der Waals surface area contributed by atoms with Gasteiger partial charge in [-0.2, -0.15) is 0 Å². The molecule has 1 atom stereocenters.